The molecule has 2 aromatic rings. The van der Waals surface area contributed by atoms with Gasteiger partial charge in [0.05, 0.1) is 14.2 Å². The summed E-state index contributed by atoms with van der Waals surface area (Å²) in [6, 6.07) is 12.2. The van der Waals surface area contributed by atoms with Gasteiger partial charge in [-0.25, -0.2) is 8.42 Å². The fourth-order valence-corrected chi connectivity index (χ4v) is 4.91. The molecule has 0 atom stereocenters. The van der Waals surface area contributed by atoms with E-state index in [-0.39, 0.29) is 29.6 Å². The highest BCUT2D eigenvalue weighted by Gasteiger charge is 2.32. The molecule has 29 heavy (non-hydrogen) atoms. The van der Waals surface area contributed by atoms with Crippen LogP contribution in [-0.2, 0) is 16.4 Å². The number of carbonyl (C=O) groups excluding carboxylic acids is 1. The molecule has 0 aromatic heterocycles. The minimum Gasteiger partial charge on any atom is -0.497 e. The van der Waals surface area contributed by atoms with Crippen molar-refractivity contribution in [3.63, 3.8) is 0 Å². The van der Waals surface area contributed by atoms with E-state index in [1.54, 1.807) is 17.0 Å². The van der Waals surface area contributed by atoms with Gasteiger partial charge in [0.1, 0.15) is 16.4 Å². The lowest BCUT2D eigenvalue weighted by atomic mass is 10.1. The van der Waals surface area contributed by atoms with Crippen LogP contribution in [0.5, 0.6) is 11.5 Å². The molecule has 1 amide bonds. The Morgan fingerprint density at radius 2 is 1.62 bits per heavy atom. The van der Waals surface area contributed by atoms with Gasteiger partial charge in [0, 0.05) is 37.8 Å². The summed E-state index contributed by atoms with van der Waals surface area (Å²) in [5, 5.41) is 0. The maximum absolute atomic E-state index is 13.1. The van der Waals surface area contributed by atoms with Crippen LogP contribution in [-0.4, -0.2) is 63.9 Å². The van der Waals surface area contributed by atoms with E-state index >= 15 is 0 Å². The number of ether oxygens (including phenoxy) is 2. The number of methoxy groups -OCH3 is 2. The summed E-state index contributed by atoms with van der Waals surface area (Å²) in [4.78, 5) is 14.5. The van der Waals surface area contributed by atoms with E-state index in [0.29, 0.717) is 24.4 Å². The highest BCUT2D eigenvalue weighted by molar-refractivity contribution is 7.89. The summed E-state index contributed by atoms with van der Waals surface area (Å²) in [6.07, 6.45) is 0.915. The van der Waals surface area contributed by atoms with Gasteiger partial charge in [-0.2, -0.15) is 4.31 Å². The first kappa shape index (κ1) is 21.1. The molecule has 0 spiro atoms. The molecular formula is C21H26N2O5S. The highest BCUT2D eigenvalue weighted by Crippen LogP contribution is 2.31. The van der Waals surface area contributed by atoms with Crippen molar-refractivity contribution in [1.29, 1.82) is 0 Å². The van der Waals surface area contributed by atoms with Crippen LogP contribution >= 0.6 is 0 Å². The second-order valence-electron chi connectivity index (χ2n) is 6.76. The van der Waals surface area contributed by atoms with Crippen LogP contribution in [0.1, 0.15) is 22.8 Å². The maximum Gasteiger partial charge on any atom is 0.253 e. The van der Waals surface area contributed by atoms with Crippen molar-refractivity contribution in [3.8, 4) is 11.5 Å². The summed E-state index contributed by atoms with van der Waals surface area (Å²) < 4.78 is 38.1. The number of benzene rings is 2. The van der Waals surface area contributed by atoms with Crippen molar-refractivity contribution in [1.82, 2.24) is 9.21 Å². The van der Waals surface area contributed by atoms with Crippen molar-refractivity contribution >= 4 is 15.9 Å². The van der Waals surface area contributed by atoms with Crippen molar-refractivity contribution < 1.29 is 22.7 Å². The average Bonchev–Trinajstić information content (AvgIpc) is 2.78. The molecule has 1 saturated heterocycles. The molecule has 1 heterocycles. The van der Waals surface area contributed by atoms with Crippen LogP contribution in [0.4, 0.5) is 0 Å². The standard InChI is InChI=1S/C21H26N2O5S/c1-4-16-5-7-17(8-6-16)21(24)22-11-13-23(14-12-22)29(25,26)20-15-18(27-2)9-10-19(20)28-3/h5-10,15H,4,11-14H2,1-3H3. The van der Waals surface area contributed by atoms with Crippen LogP contribution in [0.2, 0.25) is 0 Å². The third kappa shape index (κ3) is 4.38. The average molecular weight is 419 g/mol. The quantitative estimate of drug-likeness (QED) is 0.720. The summed E-state index contributed by atoms with van der Waals surface area (Å²) in [7, 11) is -0.856. The molecule has 0 saturated carbocycles. The molecule has 2 aromatic carbocycles. The number of piperazine rings is 1. The van der Waals surface area contributed by atoms with E-state index in [1.165, 1.54) is 30.2 Å². The minimum absolute atomic E-state index is 0.0641. The lowest BCUT2D eigenvalue weighted by molar-refractivity contribution is 0.0698. The maximum atomic E-state index is 13.1. The predicted octanol–water partition coefficient (Wildman–Crippen LogP) is 2.41. The van der Waals surface area contributed by atoms with Crippen molar-refractivity contribution in [2.24, 2.45) is 0 Å². The number of aryl methyl sites for hydroxylation is 1. The van der Waals surface area contributed by atoms with Gasteiger partial charge in [-0.05, 0) is 36.2 Å². The third-order valence-electron chi connectivity index (χ3n) is 5.12. The predicted molar refractivity (Wildman–Crippen MR) is 110 cm³/mol. The van der Waals surface area contributed by atoms with Crippen LogP contribution < -0.4 is 9.47 Å². The first-order valence-corrected chi connectivity index (χ1v) is 10.9. The van der Waals surface area contributed by atoms with Gasteiger partial charge in [0.25, 0.3) is 5.91 Å². The lowest BCUT2D eigenvalue weighted by Gasteiger charge is -2.34. The molecule has 1 fully saturated rings. The fraction of sp³-hybridized carbons (Fsp3) is 0.381. The Balaban J connectivity index is 1.73. The second-order valence-corrected chi connectivity index (χ2v) is 8.67. The number of sulfonamides is 1. The highest BCUT2D eigenvalue weighted by atomic mass is 32.2. The number of nitrogens with zero attached hydrogens (tertiary/aromatic N) is 2. The monoisotopic (exact) mass is 418 g/mol. The van der Waals surface area contributed by atoms with Crippen LogP contribution in [0, 0.1) is 0 Å². The largest absolute Gasteiger partial charge is 0.497 e. The second kappa shape index (κ2) is 8.84. The number of hydrogen-bond donors (Lipinski definition) is 0. The van der Waals surface area contributed by atoms with Crippen LogP contribution in [0.3, 0.4) is 0 Å². The van der Waals surface area contributed by atoms with E-state index in [0.717, 1.165) is 6.42 Å². The molecule has 156 valence electrons. The van der Waals surface area contributed by atoms with E-state index in [1.807, 2.05) is 24.3 Å². The molecule has 1 aliphatic heterocycles. The van der Waals surface area contributed by atoms with Crippen molar-refractivity contribution in [3.05, 3.63) is 53.6 Å². The smallest absolute Gasteiger partial charge is 0.253 e. The molecule has 8 heteroatoms. The van der Waals surface area contributed by atoms with Gasteiger partial charge in [-0.3, -0.25) is 4.79 Å². The van der Waals surface area contributed by atoms with Gasteiger partial charge in [0.2, 0.25) is 10.0 Å². The topological polar surface area (TPSA) is 76.2 Å². The molecule has 0 aliphatic carbocycles. The first-order chi connectivity index (χ1) is 13.9. The van der Waals surface area contributed by atoms with E-state index in [9.17, 15) is 13.2 Å². The molecule has 0 N–H and O–H groups in total. The third-order valence-corrected chi connectivity index (χ3v) is 7.04. The zero-order valence-corrected chi connectivity index (χ0v) is 17.7. The van der Waals surface area contributed by atoms with Crippen molar-refractivity contribution in [2.45, 2.75) is 18.2 Å². The van der Waals surface area contributed by atoms with E-state index in [4.69, 9.17) is 9.47 Å². The molecule has 0 bridgehead atoms. The van der Waals surface area contributed by atoms with E-state index in [2.05, 4.69) is 6.92 Å². The minimum atomic E-state index is -3.77. The number of amides is 1. The van der Waals surface area contributed by atoms with Gasteiger partial charge in [-0.1, -0.05) is 19.1 Å². The van der Waals surface area contributed by atoms with Gasteiger partial charge in [-0.15, -0.1) is 0 Å². The zero-order valence-electron chi connectivity index (χ0n) is 16.9. The molecule has 0 radical (unpaired) electrons. The fourth-order valence-electron chi connectivity index (χ4n) is 3.32. The molecule has 3 rings (SSSR count). The number of carbonyl (C=O) groups is 1. The Morgan fingerprint density at radius 3 is 2.17 bits per heavy atom. The summed E-state index contributed by atoms with van der Waals surface area (Å²) >= 11 is 0. The number of hydrogen-bond acceptors (Lipinski definition) is 5. The zero-order chi connectivity index (χ0) is 21.0. The molecular weight excluding hydrogens is 392 g/mol. The normalized spacial score (nSPS) is 15.2. The van der Waals surface area contributed by atoms with Gasteiger partial charge >= 0.3 is 0 Å². The SMILES string of the molecule is CCc1ccc(C(=O)N2CCN(S(=O)(=O)c3cc(OC)ccc3OC)CC2)cc1. The van der Waals surface area contributed by atoms with E-state index < -0.39 is 10.0 Å². The Labute approximate surface area is 171 Å². The Morgan fingerprint density at radius 1 is 0.966 bits per heavy atom. The summed E-state index contributed by atoms with van der Waals surface area (Å²) in [5.74, 6) is 0.623. The molecule has 1 aliphatic rings. The Bertz CT molecular complexity index is 965. The molecule has 0 unspecified atom stereocenters. The summed E-state index contributed by atoms with van der Waals surface area (Å²) in [6.45, 7) is 3.18. The van der Waals surface area contributed by atoms with Gasteiger partial charge < -0.3 is 14.4 Å². The summed E-state index contributed by atoms with van der Waals surface area (Å²) in [5.41, 5.74) is 1.79. The molecule has 7 nitrogen and oxygen atoms in total. The van der Waals surface area contributed by atoms with Crippen LogP contribution in [0.15, 0.2) is 47.4 Å². The van der Waals surface area contributed by atoms with Crippen LogP contribution in [0.25, 0.3) is 0 Å². The Kier molecular flexibility index (Phi) is 6.44. The van der Waals surface area contributed by atoms with Gasteiger partial charge in [0.15, 0.2) is 0 Å². The first-order valence-electron chi connectivity index (χ1n) is 9.51. The lowest BCUT2D eigenvalue weighted by Crippen LogP contribution is -2.50. The van der Waals surface area contributed by atoms with Crippen molar-refractivity contribution in [2.75, 3.05) is 40.4 Å². The Hall–Kier alpha value is -2.58. The number of rotatable bonds is 6.